The van der Waals surface area contributed by atoms with Gasteiger partial charge in [0.05, 0.1) is 11.5 Å². The van der Waals surface area contributed by atoms with Crippen molar-refractivity contribution in [1.82, 2.24) is 9.80 Å². The predicted octanol–water partition coefficient (Wildman–Crippen LogP) is 4.79. The van der Waals surface area contributed by atoms with Gasteiger partial charge < -0.3 is 19.8 Å². The number of likely N-dealkylation sites (tertiary alicyclic amines) is 1. The number of likely N-dealkylation sites (N-methyl/N-ethyl adjacent to an activating group) is 1. The first-order valence-corrected chi connectivity index (χ1v) is 15.7. The maximum absolute atomic E-state index is 14.1. The normalized spacial score (nSPS) is 29.8. The highest BCUT2D eigenvalue weighted by atomic mass is 79.9. The molecule has 212 valence electrons. The SMILES string of the molecule is CN(C(=O)/C=C/c1cc(Br)cs1)[C@@H]1CC[C@@]2(O)[C@H]3C(=O)c4ccc(O)c5c4[C@@]2(CCN3CCc2ccccc2)[C@H]1O5. The van der Waals surface area contributed by atoms with Crippen LogP contribution in [0.5, 0.6) is 11.5 Å². The number of piperidine rings is 1. The van der Waals surface area contributed by atoms with E-state index in [0.717, 1.165) is 15.8 Å². The van der Waals surface area contributed by atoms with Gasteiger partial charge in [-0.3, -0.25) is 14.5 Å². The second kappa shape index (κ2) is 9.80. The summed E-state index contributed by atoms with van der Waals surface area (Å²) in [6, 6.07) is 14.3. The Labute approximate surface area is 251 Å². The number of halogens is 1. The molecule has 2 aliphatic carbocycles. The molecule has 41 heavy (non-hydrogen) atoms. The van der Waals surface area contributed by atoms with Gasteiger partial charge in [-0.1, -0.05) is 30.3 Å². The molecule has 2 fully saturated rings. The van der Waals surface area contributed by atoms with Gasteiger partial charge >= 0.3 is 0 Å². The molecule has 1 amide bonds. The van der Waals surface area contributed by atoms with E-state index in [-0.39, 0.29) is 29.2 Å². The fourth-order valence-electron chi connectivity index (χ4n) is 7.87. The lowest BCUT2D eigenvalue weighted by Gasteiger charge is -2.63. The van der Waals surface area contributed by atoms with Gasteiger partial charge in [-0.05, 0) is 71.5 Å². The van der Waals surface area contributed by atoms with E-state index in [4.69, 9.17) is 4.74 Å². The van der Waals surface area contributed by atoms with Crippen LogP contribution in [0.3, 0.4) is 0 Å². The van der Waals surface area contributed by atoms with Crippen molar-refractivity contribution in [1.29, 1.82) is 0 Å². The number of phenols is 1. The molecule has 1 saturated carbocycles. The van der Waals surface area contributed by atoms with Gasteiger partial charge in [0.2, 0.25) is 5.91 Å². The number of nitrogens with zero attached hydrogens (tertiary/aromatic N) is 2. The van der Waals surface area contributed by atoms with Crippen LogP contribution in [0.4, 0.5) is 0 Å². The number of carbonyl (C=O) groups excluding carboxylic acids is 2. The zero-order valence-corrected chi connectivity index (χ0v) is 25.0. The summed E-state index contributed by atoms with van der Waals surface area (Å²) in [5.41, 5.74) is 0.0351. The average molecular weight is 636 g/mol. The molecule has 4 aliphatic rings. The number of ketones is 1. The number of thiophene rings is 1. The molecule has 1 spiro atoms. The summed E-state index contributed by atoms with van der Waals surface area (Å²) in [5, 5.41) is 25.5. The Kier molecular flexibility index (Phi) is 6.43. The number of Topliss-reactive ketones (excluding diaryl/α,β-unsaturated/α-hetero) is 1. The van der Waals surface area contributed by atoms with Crippen molar-refractivity contribution in [2.75, 3.05) is 20.1 Å². The number of aromatic hydroxyl groups is 1. The minimum Gasteiger partial charge on any atom is -0.504 e. The van der Waals surface area contributed by atoms with Gasteiger partial charge in [0.1, 0.15) is 17.7 Å². The highest BCUT2D eigenvalue weighted by Gasteiger charge is 2.75. The van der Waals surface area contributed by atoms with Crippen LogP contribution in [0, 0.1) is 0 Å². The smallest absolute Gasteiger partial charge is 0.246 e. The van der Waals surface area contributed by atoms with Crippen molar-refractivity contribution in [3.8, 4) is 11.5 Å². The summed E-state index contributed by atoms with van der Waals surface area (Å²) in [5.74, 6) is -0.0378. The van der Waals surface area contributed by atoms with E-state index in [0.29, 0.717) is 43.5 Å². The standard InChI is InChI=1S/C32H31BrN2O5S/c1-34(25(37)10-7-21-17-20(33)18-41-21)23-11-13-32(39)29-27(38)22-8-9-24(36)28-26(22)31(32,30(23)40-28)14-16-35(29)15-12-19-5-3-2-4-6-19/h2-10,17-18,23,29-30,36,39H,11-16H2,1H3/b10-7+/t23-,29-,30+,31+,32-/m1/s1. The van der Waals surface area contributed by atoms with E-state index in [1.807, 2.05) is 29.6 Å². The minimum atomic E-state index is -1.38. The number of rotatable bonds is 6. The zero-order chi connectivity index (χ0) is 28.5. The molecule has 0 unspecified atom stereocenters. The molecule has 1 saturated heterocycles. The highest BCUT2D eigenvalue weighted by Crippen LogP contribution is 2.65. The summed E-state index contributed by atoms with van der Waals surface area (Å²) in [4.78, 5) is 32.3. The Hall–Kier alpha value is -2.98. The molecule has 5 atom stereocenters. The van der Waals surface area contributed by atoms with Crippen molar-refractivity contribution in [3.05, 3.63) is 86.0 Å². The molecule has 9 heteroatoms. The fraction of sp³-hybridized carbons (Fsp3) is 0.375. The summed E-state index contributed by atoms with van der Waals surface area (Å²) in [6.07, 6.45) is 4.95. The van der Waals surface area contributed by atoms with Crippen LogP contribution in [0.2, 0.25) is 0 Å². The molecule has 7 rings (SSSR count). The van der Waals surface area contributed by atoms with Crippen LogP contribution >= 0.6 is 27.3 Å². The zero-order valence-electron chi connectivity index (χ0n) is 22.6. The first-order valence-electron chi connectivity index (χ1n) is 14.0. The van der Waals surface area contributed by atoms with Gasteiger partial charge in [0.25, 0.3) is 0 Å². The van der Waals surface area contributed by atoms with Crippen molar-refractivity contribution in [2.45, 2.75) is 54.9 Å². The quantitative estimate of drug-likeness (QED) is 0.379. The van der Waals surface area contributed by atoms with Crippen LogP contribution < -0.4 is 4.74 Å². The molecule has 2 bridgehead atoms. The monoisotopic (exact) mass is 634 g/mol. The maximum atomic E-state index is 14.1. The third-order valence-electron chi connectivity index (χ3n) is 9.73. The second-order valence-corrected chi connectivity index (χ2v) is 13.5. The Bertz CT molecular complexity index is 1570. The van der Waals surface area contributed by atoms with E-state index >= 15 is 0 Å². The Morgan fingerprint density at radius 1 is 1.24 bits per heavy atom. The maximum Gasteiger partial charge on any atom is 0.246 e. The van der Waals surface area contributed by atoms with Gasteiger partial charge in [-0.25, -0.2) is 0 Å². The van der Waals surface area contributed by atoms with Gasteiger partial charge in [0.15, 0.2) is 17.3 Å². The third kappa shape index (κ3) is 3.89. The number of aliphatic hydroxyl groups is 1. The Morgan fingerprint density at radius 3 is 2.80 bits per heavy atom. The Morgan fingerprint density at radius 2 is 2.05 bits per heavy atom. The molecule has 1 aromatic heterocycles. The lowest BCUT2D eigenvalue weighted by atomic mass is 9.48. The van der Waals surface area contributed by atoms with Crippen LogP contribution in [0.25, 0.3) is 6.08 Å². The second-order valence-electron chi connectivity index (χ2n) is 11.6. The molecule has 0 radical (unpaired) electrons. The summed E-state index contributed by atoms with van der Waals surface area (Å²) in [6.45, 7) is 1.26. The number of carbonyl (C=O) groups is 2. The first-order chi connectivity index (χ1) is 19.7. The summed E-state index contributed by atoms with van der Waals surface area (Å²) < 4.78 is 7.50. The van der Waals surface area contributed by atoms with Crippen LogP contribution in [0.1, 0.15) is 45.6 Å². The highest BCUT2D eigenvalue weighted by molar-refractivity contribution is 9.10. The number of amides is 1. The molecule has 3 heterocycles. The molecule has 3 aromatic rings. The van der Waals surface area contributed by atoms with E-state index in [1.54, 1.807) is 41.5 Å². The summed E-state index contributed by atoms with van der Waals surface area (Å²) in [7, 11) is 1.77. The molecular formula is C32H31BrN2O5S. The van der Waals surface area contributed by atoms with Crippen molar-refractivity contribution >= 4 is 45.0 Å². The number of ether oxygens (including phenoxy) is 1. The van der Waals surface area contributed by atoms with E-state index < -0.39 is 23.2 Å². The van der Waals surface area contributed by atoms with Crippen LogP contribution in [0.15, 0.2) is 64.5 Å². The number of hydrogen-bond donors (Lipinski definition) is 2. The first kappa shape index (κ1) is 26.9. The van der Waals surface area contributed by atoms with Crippen LogP contribution in [-0.4, -0.2) is 75.6 Å². The number of phenolic OH excluding ortho intramolecular Hbond substituents is 1. The Balaban J connectivity index is 1.25. The molecular weight excluding hydrogens is 604 g/mol. The van der Waals surface area contributed by atoms with Crippen LogP contribution in [-0.2, 0) is 16.6 Å². The molecule has 2 aliphatic heterocycles. The third-order valence-corrected chi connectivity index (χ3v) is 11.4. The number of benzene rings is 2. The van der Waals surface area contributed by atoms with Gasteiger partial charge in [-0.2, -0.15) is 0 Å². The average Bonchev–Trinajstić information content (AvgIpc) is 3.55. The van der Waals surface area contributed by atoms with E-state index in [1.165, 1.54) is 11.6 Å². The molecule has 2 aromatic carbocycles. The molecule has 2 N–H and O–H groups in total. The minimum absolute atomic E-state index is 0.0384. The van der Waals surface area contributed by atoms with Crippen molar-refractivity contribution in [3.63, 3.8) is 0 Å². The summed E-state index contributed by atoms with van der Waals surface area (Å²) >= 11 is 4.99. The lowest BCUT2D eigenvalue weighted by molar-refractivity contribution is -0.187. The van der Waals surface area contributed by atoms with Crippen molar-refractivity contribution < 1.29 is 24.5 Å². The topological polar surface area (TPSA) is 90.3 Å². The largest absolute Gasteiger partial charge is 0.504 e. The van der Waals surface area contributed by atoms with Gasteiger partial charge in [0, 0.05) is 52.1 Å². The molecule has 7 nitrogen and oxygen atoms in total. The number of hydrogen-bond acceptors (Lipinski definition) is 7. The lowest BCUT2D eigenvalue weighted by Crippen LogP contribution is -2.79. The predicted molar refractivity (Wildman–Crippen MR) is 160 cm³/mol. The van der Waals surface area contributed by atoms with Crippen molar-refractivity contribution in [2.24, 2.45) is 0 Å². The fourth-order valence-corrected chi connectivity index (χ4v) is 9.21. The van der Waals surface area contributed by atoms with E-state index in [9.17, 15) is 19.8 Å². The van der Waals surface area contributed by atoms with E-state index in [2.05, 4.69) is 33.0 Å². The van der Waals surface area contributed by atoms with Gasteiger partial charge in [-0.15, -0.1) is 11.3 Å².